The third kappa shape index (κ3) is 2.52. The summed E-state index contributed by atoms with van der Waals surface area (Å²) in [6.45, 7) is 9.81. The quantitative estimate of drug-likeness (QED) is 0.918. The van der Waals surface area contributed by atoms with Crippen LogP contribution in [0.5, 0.6) is 0 Å². The maximum Gasteiger partial charge on any atom is 0.248 e. The second kappa shape index (κ2) is 5.44. The van der Waals surface area contributed by atoms with E-state index in [1.54, 1.807) is 11.9 Å². The van der Waals surface area contributed by atoms with Gasteiger partial charge >= 0.3 is 0 Å². The van der Waals surface area contributed by atoms with Gasteiger partial charge in [-0.05, 0) is 31.9 Å². The molecule has 2 N–H and O–H groups in total. The van der Waals surface area contributed by atoms with E-state index in [2.05, 4.69) is 44.7 Å². The van der Waals surface area contributed by atoms with E-state index in [0.717, 1.165) is 23.5 Å². The van der Waals surface area contributed by atoms with Gasteiger partial charge in [0.05, 0.1) is 5.69 Å². The molecule has 1 amide bonds. The van der Waals surface area contributed by atoms with E-state index >= 15 is 0 Å². The van der Waals surface area contributed by atoms with Crippen LogP contribution in [0.4, 0.5) is 11.4 Å². The Labute approximate surface area is 121 Å². The van der Waals surface area contributed by atoms with Gasteiger partial charge in [0.25, 0.3) is 0 Å². The van der Waals surface area contributed by atoms with Crippen LogP contribution >= 0.6 is 0 Å². The molecule has 4 heteroatoms. The fourth-order valence-electron chi connectivity index (χ4n) is 2.73. The van der Waals surface area contributed by atoms with Crippen LogP contribution in [0.1, 0.15) is 39.3 Å². The number of amides is 1. The molecule has 4 nitrogen and oxygen atoms in total. The van der Waals surface area contributed by atoms with E-state index in [4.69, 9.17) is 5.73 Å². The van der Waals surface area contributed by atoms with E-state index in [1.807, 2.05) is 6.07 Å². The first-order chi connectivity index (χ1) is 9.32. The van der Waals surface area contributed by atoms with Crippen LogP contribution in [-0.2, 0) is 4.79 Å². The summed E-state index contributed by atoms with van der Waals surface area (Å²) >= 11 is 0. The van der Waals surface area contributed by atoms with E-state index in [9.17, 15) is 4.79 Å². The molecule has 2 rings (SSSR count). The predicted octanol–water partition coefficient (Wildman–Crippen LogP) is 2.53. The van der Waals surface area contributed by atoms with Gasteiger partial charge in [-0.2, -0.15) is 0 Å². The molecule has 110 valence electrons. The van der Waals surface area contributed by atoms with Crippen LogP contribution in [0.25, 0.3) is 0 Å². The summed E-state index contributed by atoms with van der Waals surface area (Å²) in [6, 6.07) is 6.07. The monoisotopic (exact) mass is 275 g/mol. The van der Waals surface area contributed by atoms with Crippen LogP contribution in [0.15, 0.2) is 18.2 Å². The smallest absolute Gasteiger partial charge is 0.248 e. The lowest BCUT2D eigenvalue weighted by Gasteiger charge is -2.31. The van der Waals surface area contributed by atoms with Crippen LogP contribution in [0.2, 0.25) is 0 Å². The molecule has 1 aliphatic rings. The number of fused-ring (bicyclic) bond motifs is 1. The van der Waals surface area contributed by atoms with Crippen molar-refractivity contribution < 1.29 is 4.79 Å². The number of carbonyl (C=O) groups is 1. The minimum absolute atomic E-state index is 0.0305. The molecule has 0 saturated heterocycles. The number of likely N-dealkylation sites (N-methyl/N-ethyl adjacent to an activating group) is 1. The number of carbonyl (C=O) groups excluding carboxylic acids is 1. The Kier molecular flexibility index (Phi) is 4.04. The zero-order chi connectivity index (χ0) is 15.0. The Balaban J connectivity index is 2.38. The average Bonchev–Trinajstić information content (AvgIpc) is 2.60. The van der Waals surface area contributed by atoms with Gasteiger partial charge in [-0.3, -0.25) is 4.79 Å². The summed E-state index contributed by atoms with van der Waals surface area (Å²) in [7, 11) is 1.79. The summed E-state index contributed by atoms with van der Waals surface area (Å²) in [5.74, 6) is 0.560. The Morgan fingerprint density at radius 1 is 1.30 bits per heavy atom. The number of nitrogens with zero attached hydrogens (tertiary/aromatic N) is 2. The highest BCUT2D eigenvalue weighted by Crippen LogP contribution is 2.36. The zero-order valence-electron chi connectivity index (χ0n) is 13.1. The fourth-order valence-corrected chi connectivity index (χ4v) is 2.73. The third-order valence-corrected chi connectivity index (χ3v) is 3.82. The van der Waals surface area contributed by atoms with Crippen LogP contribution in [0, 0.1) is 5.92 Å². The van der Waals surface area contributed by atoms with Gasteiger partial charge in [-0.1, -0.05) is 19.9 Å². The second-order valence-corrected chi connectivity index (χ2v) is 6.26. The van der Waals surface area contributed by atoms with Gasteiger partial charge in [-0.25, -0.2) is 0 Å². The number of anilines is 2. The van der Waals surface area contributed by atoms with Crippen molar-refractivity contribution in [3.8, 4) is 0 Å². The summed E-state index contributed by atoms with van der Waals surface area (Å²) in [4.78, 5) is 16.0. The molecule has 0 aromatic heterocycles. The summed E-state index contributed by atoms with van der Waals surface area (Å²) < 4.78 is 0. The fraction of sp³-hybridized carbons (Fsp3) is 0.562. The Hall–Kier alpha value is -1.55. The van der Waals surface area contributed by atoms with Crippen molar-refractivity contribution >= 4 is 17.3 Å². The van der Waals surface area contributed by atoms with Gasteiger partial charge in [0.2, 0.25) is 5.91 Å². The molecule has 0 radical (unpaired) electrons. The van der Waals surface area contributed by atoms with E-state index < -0.39 is 6.04 Å². The third-order valence-electron chi connectivity index (χ3n) is 3.82. The molecular formula is C16H25N3O. The minimum Gasteiger partial charge on any atom is -0.369 e. The molecule has 0 saturated carbocycles. The Bertz CT molecular complexity index is 510. The lowest BCUT2D eigenvalue weighted by molar-refractivity contribution is -0.118. The normalized spacial score (nSPS) is 18.1. The second-order valence-electron chi connectivity index (χ2n) is 6.26. The number of rotatable bonds is 4. The van der Waals surface area contributed by atoms with Crippen molar-refractivity contribution in [2.45, 2.75) is 39.8 Å². The molecule has 0 aliphatic carbocycles. The van der Waals surface area contributed by atoms with Crippen LogP contribution < -0.4 is 15.5 Å². The van der Waals surface area contributed by atoms with Crippen molar-refractivity contribution in [3.05, 3.63) is 23.8 Å². The topological polar surface area (TPSA) is 49.6 Å². The lowest BCUT2D eigenvalue weighted by Crippen LogP contribution is -2.34. The molecule has 20 heavy (non-hydrogen) atoms. The molecule has 1 aromatic rings. The van der Waals surface area contributed by atoms with Gasteiger partial charge in [0.1, 0.15) is 6.04 Å². The summed E-state index contributed by atoms with van der Waals surface area (Å²) in [6.07, 6.45) is 0. The standard InChI is InChI=1S/C16H25N3O/c1-10(2)9-19(11(3)4)12-6-7-13-14(8-12)18(5)16(20)15(13)17/h6-8,10-11,15H,9,17H2,1-5H3. The average molecular weight is 275 g/mol. The Morgan fingerprint density at radius 3 is 2.50 bits per heavy atom. The number of nitrogens with two attached hydrogens (primary N) is 1. The van der Waals surface area contributed by atoms with Gasteiger partial charge < -0.3 is 15.5 Å². The molecule has 1 heterocycles. The molecule has 1 atom stereocenters. The number of hydrogen-bond donors (Lipinski definition) is 1. The SMILES string of the molecule is CC(C)CN(c1ccc2c(c1)N(C)C(=O)C2N)C(C)C. The highest BCUT2D eigenvalue weighted by atomic mass is 16.2. The molecule has 0 fully saturated rings. The highest BCUT2D eigenvalue weighted by molar-refractivity contribution is 6.04. The van der Waals surface area contributed by atoms with Gasteiger partial charge in [-0.15, -0.1) is 0 Å². The first kappa shape index (κ1) is 14.9. The van der Waals surface area contributed by atoms with Crippen molar-refractivity contribution in [2.24, 2.45) is 11.7 Å². The highest BCUT2D eigenvalue weighted by Gasteiger charge is 2.32. The van der Waals surface area contributed by atoms with Crippen molar-refractivity contribution in [1.82, 2.24) is 0 Å². The first-order valence-corrected chi connectivity index (χ1v) is 7.26. The number of hydrogen-bond acceptors (Lipinski definition) is 3. The van der Waals surface area contributed by atoms with Gasteiger partial charge in [0.15, 0.2) is 0 Å². The first-order valence-electron chi connectivity index (χ1n) is 7.26. The van der Waals surface area contributed by atoms with Crippen LogP contribution in [-0.4, -0.2) is 25.5 Å². The van der Waals surface area contributed by atoms with E-state index in [1.165, 1.54) is 0 Å². The molecule has 0 bridgehead atoms. The zero-order valence-corrected chi connectivity index (χ0v) is 13.1. The van der Waals surface area contributed by atoms with Crippen molar-refractivity contribution in [2.75, 3.05) is 23.4 Å². The summed E-state index contributed by atoms with van der Waals surface area (Å²) in [5.41, 5.74) is 8.96. The van der Waals surface area contributed by atoms with Crippen molar-refractivity contribution in [3.63, 3.8) is 0 Å². The Morgan fingerprint density at radius 2 is 1.95 bits per heavy atom. The largest absolute Gasteiger partial charge is 0.369 e. The van der Waals surface area contributed by atoms with E-state index in [-0.39, 0.29) is 5.91 Å². The maximum absolute atomic E-state index is 11.9. The molecule has 1 aliphatic heterocycles. The molecular weight excluding hydrogens is 250 g/mol. The summed E-state index contributed by atoms with van der Waals surface area (Å²) in [5, 5.41) is 0. The molecule has 1 aromatic carbocycles. The lowest BCUT2D eigenvalue weighted by atomic mass is 10.1. The minimum atomic E-state index is -0.512. The number of benzene rings is 1. The maximum atomic E-state index is 11.9. The van der Waals surface area contributed by atoms with Gasteiger partial charge in [0, 0.05) is 30.9 Å². The van der Waals surface area contributed by atoms with Crippen molar-refractivity contribution in [1.29, 1.82) is 0 Å². The van der Waals surface area contributed by atoms with Crippen LogP contribution in [0.3, 0.4) is 0 Å². The predicted molar refractivity (Wildman–Crippen MR) is 84.1 cm³/mol. The molecule has 0 spiro atoms. The van der Waals surface area contributed by atoms with E-state index in [0.29, 0.717) is 12.0 Å². The molecule has 1 unspecified atom stereocenters.